The van der Waals surface area contributed by atoms with Gasteiger partial charge in [0.2, 0.25) is 0 Å². The second kappa shape index (κ2) is 6.81. The van der Waals surface area contributed by atoms with E-state index < -0.39 is 22.0 Å². The number of hydroxylamine groups is 1. The van der Waals surface area contributed by atoms with Crippen LogP contribution in [0.25, 0.3) is 10.9 Å². The van der Waals surface area contributed by atoms with E-state index in [-0.39, 0.29) is 4.90 Å². The lowest BCUT2D eigenvalue weighted by Crippen LogP contribution is -2.18. The smallest absolute Gasteiger partial charge is 0.274 e. The first kappa shape index (κ1) is 18.0. The average Bonchev–Trinajstić information content (AvgIpc) is 3.03. The molecule has 0 radical (unpaired) electrons. The molecule has 1 unspecified atom stereocenters. The Hall–Kier alpha value is -2.84. The summed E-state index contributed by atoms with van der Waals surface area (Å²) in [7, 11) is -3.32. The first-order valence-electron chi connectivity index (χ1n) is 7.81. The zero-order valence-corrected chi connectivity index (χ0v) is 15.0. The van der Waals surface area contributed by atoms with Gasteiger partial charge in [-0.1, -0.05) is 12.1 Å². The van der Waals surface area contributed by atoms with E-state index in [0.717, 1.165) is 17.2 Å². The lowest BCUT2D eigenvalue weighted by molar-refractivity contribution is 0.0706. The van der Waals surface area contributed by atoms with Crippen LogP contribution in [0.4, 0.5) is 0 Å². The summed E-state index contributed by atoms with van der Waals surface area (Å²) in [6, 6.07) is 13.2. The highest BCUT2D eigenvalue weighted by Gasteiger charge is 2.14. The quantitative estimate of drug-likeness (QED) is 0.529. The first-order valence-corrected chi connectivity index (χ1v) is 9.70. The Kier molecular flexibility index (Phi) is 4.71. The summed E-state index contributed by atoms with van der Waals surface area (Å²) in [5.41, 5.74) is 2.67. The summed E-state index contributed by atoms with van der Waals surface area (Å²) >= 11 is 0. The van der Waals surface area contributed by atoms with Crippen LogP contribution in [0.2, 0.25) is 0 Å². The molecule has 0 aliphatic heterocycles. The van der Waals surface area contributed by atoms with Crippen LogP contribution in [0.15, 0.2) is 59.6 Å². The van der Waals surface area contributed by atoms with Gasteiger partial charge in [0.05, 0.1) is 10.4 Å². The molecule has 136 valence electrons. The maximum absolute atomic E-state index is 11.7. The highest BCUT2D eigenvalue weighted by atomic mass is 32.2. The van der Waals surface area contributed by atoms with Gasteiger partial charge in [-0.15, -0.1) is 0 Å². The Morgan fingerprint density at radius 1 is 1.19 bits per heavy atom. The third-order valence-electron chi connectivity index (χ3n) is 4.02. The molecule has 8 heteroatoms. The fraction of sp³-hybridized carbons (Fsp3) is 0.167. The topological polar surface area (TPSA) is 97.6 Å². The molecule has 1 amide bonds. The number of carbonyl (C=O) groups excluding carboxylic acids is 1. The summed E-state index contributed by atoms with van der Waals surface area (Å²) in [4.78, 5) is 11.8. The van der Waals surface area contributed by atoms with Crippen LogP contribution in [-0.4, -0.2) is 30.4 Å². The zero-order valence-electron chi connectivity index (χ0n) is 14.2. The van der Waals surface area contributed by atoms with Crippen molar-refractivity contribution < 1.29 is 23.2 Å². The van der Waals surface area contributed by atoms with E-state index in [1.807, 2.05) is 23.8 Å². The molecule has 1 heterocycles. The van der Waals surface area contributed by atoms with Crippen LogP contribution < -0.4 is 10.2 Å². The molecule has 1 atom stereocenters. The zero-order chi connectivity index (χ0) is 18.9. The van der Waals surface area contributed by atoms with E-state index in [4.69, 9.17) is 9.94 Å². The number of hydrogen-bond acceptors (Lipinski definition) is 5. The van der Waals surface area contributed by atoms with Crippen molar-refractivity contribution in [2.45, 2.75) is 18.0 Å². The number of hydrogen-bond donors (Lipinski definition) is 2. The molecule has 0 spiro atoms. The second-order valence-electron chi connectivity index (χ2n) is 5.90. The van der Waals surface area contributed by atoms with Crippen molar-refractivity contribution in [3.8, 4) is 5.75 Å². The average molecular weight is 374 g/mol. The molecule has 0 aliphatic carbocycles. The summed E-state index contributed by atoms with van der Waals surface area (Å²) in [5, 5.41) is 9.70. The van der Waals surface area contributed by atoms with E-state index in [1.165, 1.54) is 12.1 Å². The molecule has 0 fully saturated rings. The van der Waals surface area contributed by atoms with Crippen molar-refractivity contribution in [2.75, 3.05) is 6.26 Å². The molecule has 3 rings (SSSR count). The predicted octanol–water partition coefficient (Wildman–Crippen LogP) is 2.76. The molecular formula is C18H18N2O5S. The lowest BCUT2D eigenvalue weighted by atomic mass is 10.1. The third kappa shape index (κ3) is 3.56. The van der Waals surface area contributed by atoms with Crippen LogP contribution in [0, 0.1) is 0 Å². The molecule has 3 aromatic rings. The SMILES string of the molecule is CC(Oc1cccc(S(C)(=O)=O)c1)n1ccc2ccc(C(=O)NO)cc21. The number of rotatable bonds is 5. The lowest BCUT2D eigenvalue weighted by Gasteiger charge is -2.18. The van der Waals surface area contributed by atoms with Crippen LogP contribution in [0.3, 0.4) is 0 Å². The van der Waals surface area contributed by atoms with Gasteiger partial charge >= 0.3 is 0 Å². The highest BCUT2D eigenvalue weighted by molar-refractivity contribution is 7.90. The number of carbonyl (C=O) groups is 1. The van der Waals surface area contributed by atoms with Crippen LogP contribution >= 0.6 is 0 Å². The van der Waals surface area contributed by atoms with Gasteiger partial charge in [0.15, 0.2) is 16.1 Å². The van der Waals surface area contributed by atoms with Crippen molar-refractivity contribution in [3.05, 3.63) is 60.3 Å². The van der Waals surface area contributed by atoms with Gasteiger partial charge in [0.25, 0.3) is 5.91 Å². The van der Waals surface area contributed by atoms with Gasteiger partial charge in [-0.05, 0) is 48.7 Å². The predicted molar refractivity (Wildman–Crippen MR) is 96.1 cm³/mol. The van der Waals surface area contributed by atoms with Crippen LogP contribution in [0.1, 0.15) is 23.5 Å². The number of sulfone groups is 1. The standard InChI is InChI=1S/C18H18N2O5S/c1-12(25-15-4-3-5-16(11-15)26(2,23)24)20-9-8-13-6-7-14(10-17(13)20)18(21)19-22/h3-12,22H,1-2H3,(H,19,21). The van der Waals surface area contributed by atoms with Crippen LogP contribution in [0.5, 0.6) is 5.75 Å². The maximum Gasteiger partial charge on any atom is 0.274 e. The molecule has 0 bridgehead atoms. The Balaban J connectivity index is 1.93. The highest BCUT2D eigenvalue weighted by Crippen LogP contribution is 2.25. The molecule has 0 aliphatic rings. The Morgan fingerprint density at radius 2 is 1.96 bits per heavy atom. The molecule has 7 nitrogen and oxygen atoms in total. The summed E-state index contributed by atoms with van der Waals surface area (Å²) in [5.74, 6) is -0.180. The minimum absolute atomic E-state index is 0.182. The van der Waals surface area contributed by atoms with E-state index in [1.54, 1.807) is 35.8 Å². The molecule has 0 saturated heterocycles. The van der Waals surface area contributed by atoms with Crippen LogP contribution in [-0.2, 0) is 9.84 Å². The maximum atomic E-state index is 11.7. The van der Waals surface area contributed by atoms with Gasteiger partial charge in [-0.25, -0.2) is 13.9 Å². The minimum atomic E-state index is -3.32. The molecule has 2 N–H and O–H groups in total. The molecule has 0 saturated carbocycles. The Morgan fingerprint density at radius 3 is 2.65 bits per heavy atom. The Labute approximate surface area is 150 Å². The number of nitrogens with zero attached hydrogens (tertiary/aromatic N) is 1. The molecular weight excluding hydrogens is 356 g/mol. The summed E-state index contributed by atoms with van der Waals surface area (Å²) < 4.78 is 31.1. The van der Waals surface area contributed by atoms with Gasteiger partial charge in [0, 0.05) is 18.0 Å². The summed E-state index contributed by atoms with van der Waals surface area (Å²) in [6.45, 7) is 1.81. The van der Waals surface area contributed by atoms with Crippen molar-refractivity contribution >= 4 is 26.6 Å². The largest absolute Gasteiger partial charge is 0.470 e. The number of ether oxygens (including phenoxy) is 1. The minimum Gasteiger partial charge on any atom is -0.470 e. The van der Waals surface area contributed by atoms with Crippen molar-refractivity contribution in [1.82, 2.24) is 10.0 Å². The molecule has 1 aromatic heterocycles. The fourth-order valence-electron chi connectivity index (χ4n) is 2.70. The van der Waals surface area contributed by atoms with Gasteiger partial charge < -0.3 is 9.30 Å². The first-order chi connectivity index (χ1) is 12.3. The van der Waals surface area contributed by atoms with Gasteiger partial charge in [-0.2, -0.15) is 0 Å². The number of benzene rings is 2. The van der Waals surface area contributed by atoms with E-state index in [2.05, 4.69) is 0 Å². The van der Waals surface area contributed by atoms with Gasteiger partial charge in [-0.3, -0.25) is 10.0 Å². The number of fused-ring (bicyclic) bond motifs is 1. The van der Waals surface area contributed by atoms with E-state index >= 15 is 0 Å². The number of nitrogens with one attached hydrogen (secondary N) is 1. The molecule has 2 aromatic carbocycles. The second-order valence-corrected chi connectivity index (χ2v) is 7.92. The normalized spacial score (nSPS) is 12.7. The number of aromatic nitrogens is 1. The van der Waals surface area contributed by atoms with Crippen molar-refractivity contribution in [1.29, 1.82) is 0 Å². The Bertz CT molecular complexity index is 1070. The molecule has 26 heavy (non-hydrogen) atoms. The van der Waals surface area contributed by atoms with Crippen molar-refractivity contribution in [3.63, 3.8) is 0 Å². The van der Waals surface area contributed by atoms with E-state index in [9.17, 15) is 13.2 Å². The fourth-order valence-corrected chi connectivity index (χ4v) is 3.36. The number of amides is 1. The van der Waals surface area contributed by atoms with E-state index in [0.29, 0.717) is 11.3 Å². The monoisotopic (exact) mass is 374 g/mol. The van der Waals surface area contributed by atoms with Gasteiger partial charge in [0.1, 0.15) is 5.75 Å². The third-order valence-corrected chi connectivity index (χ3v) is 5.13. The van der Waals surface area contributed by atoms with Crippen molar-refractivity contribution in [2.24, 2.45) is 0 Å². The summed E-state index contributed by atoms with van der Waals surface area (Å²) in [6.07, 6.45) is 2.51.